The number of hydrogen-bond acceptors (Lipinski definition) is 2. The third kappa shape index (κ3) is 8.15. The molecule has 9 aromatic rings. The second-order valence-corrected chi connectivity index (χ2v) is 17.1. The van der Waals surface area contributed by atoms with Crippen LogP contribution in [0.4, 0.5) is 17.1 Å². The fourth-order valence-electron chi connectivity index (χ4n) is 9.53. The maximum atomic E-state index is 6.09. The zero-order chi connectivity index (χ0) is 45.8. The number of nitrogens with zero attached hydrogens (tertiary/aromatic N) is 2. The van der Waals surface area contributed by atoms with Gasteiger partial charge in [-0.1, -0.05) is 187 Å². The fraction of sp³-hybridized carbons (Fsp3) is 0.111. The maximum absolute atomic E-state index is 6.09. The molecular formula is C63H56N2O. The van der Waals surface area contributed by atoms with Gasteiger partial charge in [0.05, 0.1) is 24.2 Å². The van der Waals surface area contributed by atoms with Crippen LogP contribution in [0.3, 0.4) is 0 Å². The van der Waals surface area contributed by atoms with Gasteiger partial charge in [-0.15, -0.1) is 0 Å². The Morgan fingerprint density at radius 3 is 1.67 bits per heavy atom. The summed E-state index contributed by atoms with van der Waals surface area (Å²) in [4.78, 5) is 2.37. The third-order valence-electron chi connectivity index (χ3n) is 12.9. The molecule has 1 aromatic heterocycles. The Labute approximate surface area is 390 Å². The van der Waals surface area contributed by atoms with Gasteiger partial charge in [-0.25, -0.2) is 0 Å². The van der Waals surface area contributed by atoms with Crippen LogP contribution in [-0.4, -0.2) is 4.57 Å². The van der Waals surface area contributed by atoms with Crippen LogP contribution in [0.25, 0.3) is 61.4 Å². The van der Waals surface area contributed by atoms with Crippen LogP contribution in [0, 0.1) is 0 Å². The molecular weight excluding hydrogens is 801 g/mol. The summed E-state index contributed by atoms with van der Waals surface area (Å²) in [5, 5.41) is 2.45. The van der Waals surface area contributed by atoms with Crippen LogP contribution >= 0.6 is 0 Å². The van der Waals surface area contributed by atoms with Crippen molar-refractivity contribution in [2.75, 3.05) is 4.90 Å². The molecule has 0 atom stereocenters. The second-order valence-electron chi connectivity index (χ2n) is 17.1. The Hall–Kier alpha value is -7.72. The van der Waals surface area contributed by atoms with Crippen molar-refractivity contribution >= 4 is 50.5 Å². The van der Waals surface area contributed by atoms with Gasteiger partial charge in [0.25, 0.3) is 0 Å². The first-order chi connectivity index (χ1) is 32.3. The first-order valence-corrected chi connectivity index (χ1v) is 23.0. The SMILES string of the molecule is C=CC1=C(C=C)C(C)(C)c2cc(N(c3ccc(-c4ccccc4)cc3)c3ccc(-c4ccc5c(c4)c4ccccc4n5-c4ccc(COCc5ccc(C=C)cc5)cc4)cc3)ccc21.CC. The number of para-hydroxylation sites is 1. The number of allylic oxidation sites excluding steroid dienone is 4. The summed E-state index contributed by atoms with van der Waals surface area (Å²) in [7, 11) is 0. The third-order valence-corrected chi connectivity index (χ3v) is 12.9. The molecule has 3 heteroatoms. The minimum absolute atomic E-state index is 0.205. The van der Waals surface area contributed by atoms with Crippen LogP contribution in [0.15, 0.2) is 226 Å². The van der Waals surface area contributed by atoms with Gasteiger partial charge in [-0.05, 0) is 128 Å². The average Bonchev–Trinajstić information content (AvgIpc) is 3.82. The van der Waals surface area contributed by atoms with E-state index in [-0.39, 0.29) is 5.41 Å². The molecule has 1 aliphatic carbocycles. The molecule has 3 nitrogen and oxygen atoms in total. The predicted molar refractivity (Wildman–Crippen MR) is 283 cm³/mol. The van der Waals surface area contributed by atoms with Crippen molar-refractivity contribution in [3.63, 3.8) is 0 Å². The van der Waals surface area contributed by atoms with Crippen LogP contribution in [-0.2, 0) is 23.4 Å². The highest BCUT2D eigenvalue weighted by atomic mass is 16.5. The average molecular weight is 857 g/mol. The lowest BCUT2D eigenvalue weighted by Gasteiger charge is -2.29. The van der Waals surface area contributed by atoms with Gasteiger partial charge in [0.1, 0.15) is 0 Å². The number of anilines is 3. The highest BCUT2D eigenvalue weighted by molar-refractivity contribution is 6.10. The molecule has 0 aliphatic heterocycles. The number of hydrogen-bond donors (Lipinski definition) is 0. The summed E-state index contributed by atoms with van der Waals surface area (Å²) >= 11 is 0. The van der Waals surface area contributed by atoms with Gasteiger partial charge in [0.15, 0.2) is 0 Å². The van der Waals surface area contributed by atoms with Crippen molar-refractivity contribution < 1.29 is 4.74 Å². The first-order valence-electron chi connectivity index (χ1n) is 23.0. The van der Waals surface area contributed by atoms with E-state index in [4.69, 9.17) is 4.74 Å². The van der Waals surface area contributed by atoms with E-state index < -0.39 is 0 Å². The molecule has 0 N–H and O–H groups in total. The predicted octanol–water partition coefficient (Wildman–Crippen LogP) is 17.4. The largest absolute Gasteiger partial charge is 0.372 e. The van der Waals surface area contributed by atoms with E-state index in [1.54, 1.807) is 0 Å². The normalized spacial score (nSPS) is 12.7. The minimum Gasteiger partial charge on any atom is -0.372 e. The van der Waals surface area contributed by atoms with Gasteiger partial charge in [-0.3, -0.25) is 0 Å². The molecule has 0 spiro atoms. The molecule has 1 aliphatic rings. The molecule has 0 saturated heterocycles. The summed E-state index contributed by atoms with van der Waals surface area (Å²) in [6.45, 7) is 21.9. The summed E-state index contributed by atoms with van der Waals surface area (Å²) in [6.07, 6.45) is 5.82. The Kier molecular flexibility index (Phi) is 12.4. The number of fused-ring (bicyclic) bond motifs is 4. The topological polar surface area (TPSA) is 17.4 Å². The first kappa shape index (κ1) is 43.5. The monoisotopic (exact) mass is 856 g/mol. The Bertz CT molecular complexity index is 3220. The quantitative estimate of drug-likeness (QED) is 0.115. The van der Waals surface area contributed by atoms with E-state index in [1.807, 2.05) is 32.1 Å². The van der Waals surface area contributed by atoms with Gasteiger partial charge in [-0.2, -0.15) is 0 Å². The zero-order valence-corrected chi connectivity index (χ0v) is 38.5. The molecule has 0 fully saturated rings. The van der Waals surface area contributed by atoms with Crippen molar-refractivity contribution in [1.29, 1.82) is 0 Å². The minimum atomic E-state index is -0.205. The lowest BCUT2D eigenvalue weighted by Crippen LogP contribution is -2.17. The summed E-state index contributed by atoms with van der Waals surface area (Å²) < 4.78 is 8.45. The molecule has 0 bridgehead atoms. The van der Waals surface area contributed by atoms with Crippen LogP contribution in [0.1, 0.15) is 55.5 Å². The molecule has 324 valence electrons. The standard InChI is InChI=1S/C61H50N2O.C2H6/c1-6-42-18-20-43(21-19-42)40-64-41-44-22-29-51(30-23-44)63-59-17-13-12-16-55(59)56-38-48(28-37-60(56)63)47-26-33-50(34-27-47)62(49-31-24-46(25-32-49)45-14-10-9-11-15-45)52-35-36-54-53(7-2)57(8-3)61(4,5)58(54)39-52;1-2/h6-39H,1-3,40-41H2,4-5H3;1-2H3. The fourth-order valence-corrected chi connectivity index (χ4v) is 9.53. The van der Waals surface area contributed by atoms with E-state index >= 15 is 0 Å². The van der Waals surface area contributed by atoms with E-state index in [9.17, 15) is 0 Å². The van der Waals surface area contributed by atoms with Gasteiger partial charge in [0.2, 0.25) is 0 Å². The highest BCUT2D eigenvalue weighted by Gasteiger charge is 2.36. The molecule has 8 aromatic carbocycles. The van der Waals surface area contributed by atoms with Crippen molar-refractivity contribution in [1.82, 2.24) is 4.57 Å². The van der Waals surface area contributed by atoms with Crippen LogP contribution < -0.4 is 4.90 Å². The molecule has 0 unspecified atom stereocenters. The summed E-state index contributed by atoms with van der Waals surface area (Å²) in [5.74, 6) is 0. The summed E-state index contributed by atoms with van der Waals surface area (Å²) in [5.41, 5.74) is 19.5. The van der Waals surface area contributed by atoms with Crippen LogP contribution in [0.5, 0.6) is 0 Å². The molecule has 0 saturated carbocycles. The summed E-state index contributed by atoms with van der Waals surface area (Å²) in [6, 6.07) is 67.9. The Balaban J connectivity index is 0.00000270. The Morgan fingerprint density at radius 1 is 0.500 bits per heavy atom. The lowest BCUT2D eigenvalue weighted by atomic mass is 9.81. The highest BCUT2D eigenvalue weighted by Crippen LogP contribution is 2.49. The number of benzene rings is 8. The van der Waals surface area contributed by atoms with E-state index in [2.05, 4.69) is 231 Å². The molecule has 0 amide bonds. The molecule has 10 rings (SSSR count). The molecule has 1 heterocycles. The van der Waals surface area contributed by atoms with Gasteiger partial charge in [0, 0.05) is 38.9 Å². The zero-order valence-electron chi connectivity index (χ0n) is 38.5. The number of ether oxygens (including phenoxy) is 1. The van der Waals surface area contributed by atoms with E-state index in [1.165, 1.54) is 55.2 Å². The van der Waals surface area contributed by atoms with Crippen molar-refractivity contribution in [2.24, 2.45) is 0 Å². The van der Waals surface area contributed by atoms with Crippen molar-refractivity contribution in [3.8, 4) is 27.9 Å². The number of rotatable bonds is 13. The second kappa shape index (κ2) is 18.8. The lowest BCUT2D eigenvalue weighted by molar-refractivity contribution is 0.107. The smallest absolute Gasteiger partial charge is 0.0721 e. The van der Waals surface area contributed by atoms with Gasteiger partial charge >= 0.3 is 0 Å². The van der Waals surface area contributed by atoms with E-state index in [0.29, 0.717) is 13.2 Å². The van der Waals surface area contributed by atoms with Crippen molar-refractivity contribution in [3.05, 3.63) is 253 Å². The maximum Gasteiger partial charge on any atom is 0.0721 e. The van der Waals surface area contributed by atoms with Crippen LogP contribution in [0.2, 0.25) is 0 Å². The molecule has 66 heavy (non-hydrogen) atoms. The molecule has 0 radical (unpaired) electrons. The number of aromatic nitrogens is 1. The Morgan fingerprint density at radius 2 is 1.05 bits per heavy atom. The van der Waals surface area contributed by atoms with Gasteiger partial charge < -0.3 is 14.2 Å². The van der Waals surface area contributed by atoms with Crippen molar-refractivity contribution in [2.45, 2.75) is 46.3 Å². The van der Waals surface area contributed by atoms with E-state index in [0.717, 1.165) is 50.6 Å².